The largest absolute Gasteiger partial charge is 0.276 e. The minimum atomic E-state index is -3.92. The van der Waals surface area contributed by atoms with Gasteiger partial charge in [0.2, 0.25) is 0 Å². The van der Waals surface area contributed by atoms with Crippen LogP contribution in [0.1, 0.15) is 38.7 Å². The predicted octanol–water partition coefficient (Wildman–Crippen LogP) is 2.99. The molecule has 0 amide bonds. The Labute approximate surface area is 136 Å². The van der Waals surface area contributed by atoms with Gasteiger partial charge in [-0.2, -0.15) is 13.5 Å². The summed E-state index contributed by atoms with van der Waals surface area (Å²) in [6.45, 7) is 5.62. The van der Waals surface area contributed by atoms with Gasteiger partial charge in [-0.15, -0.1) is 0 Å². The van der Waals surface area contributed by atoms with Crippen molar-refractivity contribution < 1.29 is 13.3 Å². The predicted molar refractivity (Wildman–Crippen MR) is 87.8 cm³/mol. The van der Waals surface area contributed by atoms with Crippen LogP contribution in [0.25, 0.3) is 0 Å². The number of nitrogens with zero attached hydrogens (tertiary/aromatic N) is 2. The van der Waals surface area contributed by atoms with Crippen LogP contribution in [0, 0.1) is 28.9 Å². The molecule has 0 spiro atoms. The average Bonchev–Trinajstić information content (AvgIpc) is 2.46. The topological polar surface area (TPSA) is 102 Å². The van der Waals surface area contributed by atoms with E-state index in [4.69, 9.17) is 0 Å². The van der Waals surface area contributed by atoms with Crippen molar-refractivity contribution in [1.82, 2.24) is 4.83 Å². The highest BCUT2D eigenvalue weighted by molar-refractivity contribution is 7.89. The molecule has 126 valence electrons. The second-order valence-corrected chi connectivity index (χ2v) is 7.73. The van der Waals surface area contributed by atoms with Crippen LogP contribution in [0.2, 0.25) is 0 Å². The van der Waals surface area contributed by atoms with E-state index in [1.165, 1.54) is 12.1 Å². The molecule has 1 aliphatic carbocycles. The molecule has 1 aromatic carbocycles. The average molecular weight is 339 g/mol. The number of nitrogens with one attached hydrogen (secondary N) is 1. The van der Waals surface area contributed by atoms with Gasteiger partial charge in [-0.05, 0) is 37.7 Å². The van der Waals surface area contributed by atoms with Crippen molar-refractivity contribution in [2.75, 3.05) is 0 Å². The quantitative estimate of drug-likeness (QED) is 0.673. The molecule has 23 heavy (non-hydrogen) atoms. The molecule has 0 bridgehead atoms. The van der Waals surface area contributed by atoms with Crippen molar-refractivity contribution in [3.63, 3.8) is 0 Å². The Bertz CT molecular complexity index is 731. The molecule has 0 aliphatic heterocycles. The Morgan fingerprint density at radius 2 is 1.87 bits per heavy atom. The Hall–Kier alpha value is -1.96. The molecule has 0 heterocycles. The van der Waals surface area contributed by atoms with Gasteiger partial charge in [0.25, 0.3) is 15.7 Å². The van der Waals surface area contributed by atoms with Crippen LogP contribution in [0.4, 0.5) is 5.69 Å². The third kappa shape index (κ3) is 3.87. The van der Waals surface area contributed by atoms with Crippen LogP contribution in [-0.4, -0.2) is 19.1 Å². The van der Waals surface area contributed by atoms with Crippen LogP contribution >= 0.6 is 0 Å². The highest BCUT2D eigenvalue weighted by Gasteiger charge is 2.24. The molecule has 1 saturated carbocycles. The fourth-order valence-electron chi connectivity index (χ4n) is 2.85. The molecular weight excluding hydrogens is 318 g/mol. The summed E-state index contributed by atoms with van der Waals surface area (Å²) in [7, 11) is -3.92. The first kappa shape index (κ1) is 17.4. The minimum Gasteiger partial charge on any atom is -0.258 e. The van der Waals surface area contributed by atoms with E-state index in [9.17, 15) is 18.5 Å². The minimum absolute atomic E-state index is 0.157. The number of hydrogen-bond acceptors (Lipinski definition) is 5. The molecule has 8 heteroatoms. The number of nitro benzene ring substituents is 1. The summed E-state index contributed by atoms with van der Waals surface area (Å²) in [6, 6.07) is 3.83. The highest BCUT2D eigenvalue weighted by atomic mass is 32.2. The molecule has 2 rings (SSSR count). The number of nitro groups is 1. The maximum absolute atomic E-state index is 12.3. The van der Waals surface area contributed by atoms with Gasteiger partial charge in [-0.1, -0.05) is 26.3 Å². The Balaban J connectivity index is 2.29. The Morgan fingerprint density at radius 1 is 1.26 bits per heavy atom. The lowest BCUT2D eigenvalue weighted by Crippen LogP contribution is -2.29. The number of benzene rings is 1. The summed E-state index contributed by atoms with van der Waals surface area (Å²) < 4.78 is 24.7. The molecule has 1 N–H and O–H groups in total. The van der Waals surface area contributed by atoms with Gasteiger partial charge in [0, 0.05) is 17.3 Å². The zero-order valence-electron chi connectivity index (χ0n) is 13.4. The van der Waals surface area contributed by atoms with Gasteiger partial charge in [0.1, 0.15) is 0 Å². The lowest BCUT2D eigenvalue weighted by Gasteiger charge is -2.26. The van der Waals surface area contributed by atoms with Crippen LogP contribution in [0.15, 0.2) is 28.2 Å². The van der Waals surface area contributed by atoms with Gasteiger partial charge in [-0.3, -0.25) is 10.1 Å². The highest BCUT2D eigenvalue weighted by Crippen LogP contribution is 2.26. The molecule has 0 radical (unpaired) electrons. The number of aryl methyl sites for hydroxylation is 1. The van der Waals surface area contributed by atoms with Crippen molar-refractivity contribution in [3.8, 4) is 0 Å². The standard InChI is InChI=1S/C15H21N3O4S/c1-10-7-8-13(9-14(10)18(19)20)23(21,22)17-16-15-11(2)5-4-6-12(15)3/h7-9,11-12,17H,4-6H2,1-3H3/t11-,12+. The monoisotopic (exact) mass is 339 g/mol. The van der Waals surface area contributed by atoms with E-state index in [0.29, 0.717) is 5.56 Å². The third-order valence-corrected chi connectivity index (χ3v) is 5.47. The molecule has 0 saturated heterocycles. The normalized spacial score (nSPS) is 23.7. The molecule has 0 unspecified atom stereocenters. The lowest BCUT2D eigenvalue weighted by atomic mass is 9.81. The first-order valence-electron chi connectivity index (χ1n) is 7.56. The second-order valence-electron chi connectivity index (χ2n) is 6.07. The van der Waals surface area contributed by atoms with E-state index < -0.39 is 14.9 Å². The number of rotatable bonds is 4. The van der Waals surface area contributed by atoms with Crippen LogP contribution in [0.3, 0.4) is 0 Å². The molecule has 1 aromatic rings. The summed E-state index contributed by atoms with van der Waals surface area (Å²) in [4.78, 5) is 12.4. The van der Waals surface area contributed by atoms with E-state index >= 15 is 0 Å². The zero-order chi connectivity index (χ0) is 17.2. The maximum atomic E-state index is 12.3. The van der Waals surface area contributed by atoms with Crippen molar-refractivity contribution >= 4 is 21.4 Å². The number of hydrogen-bond donors (Lipinski definition) is 1. The second kappa shape index (κ2) is 6.66. The van der Waals surface area contributed by atoms with E-state index in [-0.39, 0.29) is 22.4 Å². The van der Waals surface area contributed by atoms with Gasteiger partial charge >= 0.3 is 0 Å². The van der Waals surface area contributed by atoms with Crippen molar-refractivity contribution in [3.05, 3.63) is 33.9 Å². The van der Waals surface area contributed by atoms with Crippen LogP contribution in [-0.2, 0) is 10.0 Å². The molecule has 1 aliphatic rings. The molecule has 0 aromatic heterocycles. The smallest absolute Gasteiger partial charge is 0.258 e. The lowest BCUT2D eigenvalue weighted by molar-refractivity contribution is -0.385. The third-order valence-electron chi connectivity index (χ3n) is 4.27. The van der Waals surface area contributed by atoms with E-state index in [2.05, 4.69) is 9.93 Å². The van der Waals surface area contributed by atoms with Crippen molar-refractivity contribution in [2.24, 2.45) is 16.9 Å². The van der Waals surface area contributed by atoms with Crippen molar-refractivity contribution in [1.29, 1.82) is 0 Å². The molecule has 7 nitrogen and oxygen atoms in total. The molecular formula is C15H21N3O4S. The van der Waals surface area contributed by atoms with E-state index in [0.717, 1.165) is 31.0 Å². The SMILES string of the molecule is Cc1ccc(S(=O)(=O)NN=C2[C@H](C)CCC[C@@H]2C)cc1[N+](=O)[O-]. The molecule has 2 atom stereocenters. The maximum Gasteiger partial charge on any atom is 0.276 e. The van der Waals surface area contributed by atoms with Gasteiger partial charge < -0.3 is 0 Å². The van der Waals surface area contributed by atoms with Gasteiger partial charge in [-0.25, -0.2) is 4.83 Å². The summed E-state index contributed by atoms with van der Waals surface area (Å²) in [6.07, 6.45) is 3.08. The van der Waals surface area contributed by atoms with Crippen molar-refractivity contribution in [2.45, 2.75) is 44.9 Å². The number of hydrazone groups is 1. The Morgan fingerprint density at radius 3 is 2.43 bits per heavy atom. The summed E-state index contributed by atoms with van der Waals surface area (Å²) >= 11 is 0. The summed E-state index contributed by atoms with van der Waals surface area (Å²) in [5, 5.41) is 15.1. The fraction of sp³-hybridized carbons (Fsp3) is 0.533. The van der Waals surface area contributed by atoms with E-state index in [1.807, 2.05) is 13.8 Å². The summed E-state index contributed by atoms with van der Waals surface area (Å²) in [5.74, 6) is 0.461. The summed E-state index contributed by atoms with van der Waals surface area (Å²) in [5.41, 5.74) is 1.02. The van der Waals surface area contributed by atoms with Gasteiger partial charge in [0.05, 0.1) is 9.82 Å². The first-order chi connectivity index (χ1) is 10.7. The first-order valence-corrected chi connectivity index (χ1v) is 9.05. The molecule has 1 fully saturated rings. The van der Waals surface area contributed by atoms with E-state index in [1.54, 1.807) is 6.92 Å². The fourth-order valence-corrected chi connectivity index (χ4v) is 3.70. The van der Waals surface area contributed by atoms with Crippen LogP contribution in [0.5, 0.6) is 0 Å². The Kier molecular flexibility index (Phi) is 5.03. The zero-order valence-corrected chi connectivity index (χ0v) is 14.3. The van der Waals surface area contributed by atoms with Crippen LogP contribution < -0.4 is 4.83 Å². The van der Waals surface area contributed by atoms with Gasteiger partial charge in [0.15, 0.2) is 0 Å². The number of sulfonamides is 1.